The summed E-state index contributed by atoms with van der Waals surface area (Å²) in [5.41, 5.74) is 0.501. The Morgan fingerprint density at radius 1 is 1.02 bits per heavy atom. The summed E-state index contributed by atoms with van der Waals surface area (Å²) < 4.78 is 19.5. The highest BCUT2D eigenvalue weighted by atomic mass is 28.4. The molecular weight excluding hydrogens is 514 g/mol. The van der Waals surface area contributed by atoms with E-state index in [1.54, 1.807) is 0 Å². The minimum Gasteiger partial charge on any atom is -0.406 e. The Balaban J connectivity index is 1.22. The lowest BCUT2D eigenvalue weighted by molar-refractivity contribution is -0.175. The normalized spacial score (nSPS) is 30.6. The SMILES string of the molecule is CC1(C)[C@@H]2CC[C@@]1(C)[C@@H]1O[C@@H](OC[C@@H](O)C[C@@H](C#N)CO[Si](c3ccccc3)(c3ccccc3)C(C)(C)C)C[C@H]21. The van der Waals surface area contributed by atoms with Crippen molar-refractivity contribution in [2.24, 2.45) is 28.6 Å². The van der Waals surface area contributed by atoms with E-state index in [4.69, 9.17) is 13.9 Å². The second-order valence-corrected chi connectivity index (χ2v) is 18.5. The van der Waals surface area contributed by atoms with E-state index in [0.717, 1.165) is 6.42 Å². The van der Waals surface area contributed by atoms with Crippen LogP contribution in [0.3, 0.4) is 0 Å². The first kappa shape index (κ1) is 29.5. The number of nitriles is 1. The molecule has 1 aliphatic heterocycles. The highest BCUT2D eigenvalue weighted by molar-refractivity contribution is 6.99. The second kappa shape index (κ2) is 11.0. The van der Waals surface area contributed by atoms with Gasteiger partial charge in [-0.1, -0.05) is 102 Å². The molecule has 40 heavy (non-hydrogen) atoms. The van der Waals surface area contributed by atoms with Gasteiger partial charge in [0.25, 0.3) is 8.32 Å². The van der Waals surface area contributed by atoms with E-state index in [9.17, 15) is 10.4 Å². The van der Waals surface area contributed by atoms with E-state index in [0.29, 0.717) is 23.7 Å². The maximum atomic E-state index is 10.9. The molecule has 3 aliphatic rings. The summed E-state index contributed by atoms with van der Waals surface area (Å²) in [6, 6.07) is 23.3. The van der Waals surface area contributed by atoms with Gasteiger partial charge in [0.1, 0.15) is 0 Å². The number of fused-ring (bicyclic) bond motifs is 5. The van der Waals surface area contributed by atoms with E-state index in [2.05, 4.69) is 96.1 Å². The van der Waals surface area contributed by atoms with Crippen molar-refractivity contribution in [3.63, 3.8) is 0 Å². The largest absolute Gasteiger partial charge is 0.406 e. The highest BCUT2D eigenvalue weighted by Gasteiger charge is 2.69. The zero-order valence-corrected chi connectivity index (χ0v) is 26.1. The molecule has 0 aromatic heterocycles. The van der Waals surface area contributed by atoms with Gasteiger partial charge in [0.05, 0.1) is 37.4 Å². The molecule has 2 aromatic rings. The monoisotopic (exact) mass is 561 g/mol. The van der Waals surface area contributed by atoms with Crippen molar-refractivity contribution in [3.8, 4) is 6.07 Å². The van der Waals surface area contributed by atoms with E-state index in [-0.39, 0.29) is 36.1 Å². The smallest absolute Gasteiger partial charge is 0.261 e. The predicted octanol–water partition coefficient (Wildman–Crippen LogP) is 5.66. The molecule has 1 heterocycles. The Kier molecular flexibility index (Phi) is 8.11. The van der Waals surface area contributed by atoms with Gasteiger partial charge in [-0.25, -0.2) is 0 Å². The summed E-state index contributed by atoms with van der Waals surface area (Å²) in [7, 11) is -2.74. The van der Waals surface area contributed by atoms with Crippen LogP contribution in [0.25, 0.3) is 0 Å². The molecule has 216 valence electrons. The van der Waals surface area contributed by atoms with Crippen LogP contribution in [0.4, 0.5) is 0 Å². The lowest BCUT2D eigenvalue weighted by atomic mass is 9.70. The number of rotatable bonds is 10. The number of aliphatic hydroxyl groups excluding tert-OH is 1. The van der Waals surface area contributed by atoms with Crippen molar-refractivity contribution in [2.45, 2.75) is 90.8 Å². The summed E-state index contributed by atoms with van der Waals surface area (Å²) in [4.78, 5) is 0. The average Bonchev–Trinajstić information content (AvgIpc) is 3.51. The minimum absolute atomic E-state index is 0.167. The van der Waals surface area contributed by atoms with Gasteiger partial charge in [0.15, 0.2) is 6.29 Å². The number of aliphatic hydroxyl groups is 1. The molecule has 3 fully saturated rings. The van der Waals surface area contributed by atoms with Gasteiger partial charge in [0.2, 0.25) is 0 Å². The number of hydrogen-bond acceptors (Lipinski definition) is 5. The first-order valence-corrected chi connectivity index (χ1v) is 16.9. The van der Waals surface area contributed by atoms with Gasteiger partial charge in [-0.15, -0.1) is 0 Å². The van der Waals surface area contributed by atoms with Crippen LogP contribution in [0.15, 0.2) is 60.7 Å². The maximum absolute atomic E-state index is 10.9. The Morgan fingerprint density at radius 2 is 1.62 bits per heavy atom. The van der Waals surface area contributed by atoms with Gasteiger partial charge < -0.3 is 19.0 Å². The third-order valence-corrected chi connectivity index (χ3v) is 15.8. The van der Waals surface area contributed by atoms with Gasteiger partial charge in [-0.3, -0.25) is 0 Å². The molecule has 2 aromatic carbocycles. The number of ether oxygens (including phenoxy) is 2. The molecular formula is C34H47NO4Si. The molecule has 0 amide bonds. The van der Waals surface area contributed by atoms with Crippen molar-refractivity contribution >= 4 is 18.7 Å². The fourth-order valence-electron chi connectivity index (χ4n) is 8.35. The first-order valence-electron chi connectivity index (χ1n) is 15.0. The van der Waals surface area contributed by atoms with Crippen molar-refractivity contribution in [1.29, 1.82) is 5.26 Å². The standard InChI is InChI=1S/C34H47NO4Si/c1-32(2,3)40(26-13-9-7-10-14-26,27-15-11-8-12-16-27)38-22-24(21-35)19-25(36)23-37-30-20-28-29-17-18-34(6,31(28)39-30)33(29,4)5/h7-16,24-25,28-31,36H,17-20,22-23H2,1-6H3/t24-,25-,28+,29+,30+,31+,34-/m0/s1. The van der Waals surface area contributed by atoms with Crippen LogP contribution >= 0.6 is 0 Å². The van der Waals surface area contributed by atoms with Crippen molar-refractivity contribution in [1.82, 2.24) is 0 Å². The molecule has 2 saturated carbocycles. The zero-order valence-electron chi connectivity index (χ0n) is 25.1. The van der Waals surface area contributed by atoms with Crippen LogP contribution < -0.4 is 10.4 Å². The van der Waals surface area contributed by atoms with Gasteiger partial charge in [-0.05, 0) is 57.3 Å². The summed E-state index contributed by atoms with van der Waals surface area (Å²) in [6.45, 7) is 14.3. The third-order valence-electron chi connectivity index (χ3n) is 10.8. The summed E-state index contributed by atoms with van der Waals surface area (Å²) in [5.74, 6) is 0.782. The third kappa shape index (κ3) is 4.88. The molecule has 7 atom stereocenters. The molecule has 0 radical (unpaired) electrons. The van der Waals surface area contributed by atoms with E-state index < -0.39 is 20.3 Å². The quantitative estimate of drug-likeness (QED) is 0.379. The number of nitrogens with zero attached hydrogens (tertiary/aromatic N) is 1. The van der Waals surface area contributed by atoms with Gasteiger partial charge in [-0.2, -0.15) is 5.26 Å². The molecule has 0 spiro atoms. The van der Waals surface area contributed by atoms with E-state index in [1.165, 1.54) is 23.2 Å². The maximum Gasteiger partial charge on any atom is 0.261 e. The zero-order chi connectivity index (χ0) is 28.8. The lowest BCUT2D eigenvalue weighted by Crippen LogP contribution is -2.66. The fraction of sp³-hybridized carbons (Fsp3) is 0.618. The Hall–Kier alpha value is -2.01. The molecule has 2 bridgehead atoms. The van der Waals surface area contributed by atoms with Gasteiger partial charge >= 0.3 is 0 Å². The van der Waals surface area contributed by atoms with Crippen LogP contribution in [0.2, 0.25) is 5.04 Å². The van der Waals surface area contributed by atoms with Crippen LogP contribution in [0.5, 0.6) is 0 Å². The van der Waals surface area contributed by atoms with E-state index in [1.807, 2.05) is 12.1 Å². The molecule has 0 unspecified atom stereocenters. The average molecular weight is 562 g/mol. The Morgan fingerprint density at radius 3 is 2.15 bits per heavy atom. The Bertz CT molecular complexity index is 1150. The number of benzene rings is 2. The molecule has 1 saturated heterocycles. The van der Waals surface area contributed by atoms with Crippen LogP contribution in [-0.2, 0) is 13.9 Å². The summed E-state index contributed by atoms with van der Waals surface area (Å²) >= 11 is 0. The Labute approximate surface area is 242 Å². The first-order chi connectivity index (χ1) is 18.9. The molecule has 5 nitrogen and oxygen atoms in total. The van der Waals surface area contributed by atoms with Crippen molar-refractivity contribution < 1.29 is 19.0 Å². The van der Waals surface area contributed by atoms with Crippen molar-refractivity contribution in [2.75, 3.05) is 13.2 Å². The molecule has 1 N–H and O–H groups in total. The number of hydrogen-bond donors (Lipinski definition) is 1. The van der Waals surface area contributed by atoms with E-state index >= 15 is 0 Å². The molecule has 6 heteroatoms. The molecule has 5 rings (SSSR count). The second-order valence-electron chi connectivity index (χ2n) is 14.2. The fourth-order valence-corrected chi connectivity index (χ4v) is 13.0. The van der Waals surface area contributed by atoms with Crippen LogP contribution in [-0.4, -0.2) is 45.1 Å². The summed E-state index contributed by atoms with van der Waals surface area (Å²) in [6.07, 6.45) is 2.93. The van der Waals surface area contributed by atoms with Crippen LogP contribution in [0, 0.1) is 39.9 Å². The predicted molar refractivity (Wildman–Crippen MR) is 161 cm³/mol. The van der Waals surface area contributed by atoms with Crippen LogP contribution in [0.1, 0.15) is 67.2 Å². The lowest BCUT2D eigenvalue weighted by Gasteiger charge is -2.43. The molecule has 2 aliphatic carbocycles. The topological polar surface area (TPSA) is 71.7 Å². The summed E-state index contributed by atoms with van der Waals surface area (Å²) in [5, 5.41) is 23.2. The van der Waals surface area contributed by atoms with Gasteiger partial charge in [0, 0.05) is 6.42 Å². The van der Waals surface area contributed by atoms with Crippen molar-refractivity contribution in [3.05, 3.63) is 60.7 Å². The minimum atomic E-state index is -2.74. The highest BCUT2D eigenvalue weighted by Crippen LogP contribution is 2.71.